The first-order valence-corrected chi connectivity index (χ1v) is 17.7. The summed E-state index contributed by atoms with van der Waals surface area (Å²) in [6.45, 7) is 9.76. The molecule has 15 heteroatoms. The van der Waals surface area contributed by atoms with Crippen LogP contribution >= 0.6 is 0 Å². The van der Waals surface area contributed by atoms with E-state index in [1.165, 1.54) is 16.5 Å². The molecular weight excluding hydrogens is 806 g/mol. The molecule has 0 spiro atoms. The first-order valence-electron chi connectivity index (χ1n) is 17.7. The number of aliphatic carboxylic acids is 3. The Labute approximate surface area is 347 Å². The fourth-order valence-corrected chi connectivity index (χ4v) is 6.79. The molecule has 3 N–H and O–H groups in total. The number of fused-ring (bicyclic) bond motifs is 3. The van der Waals surface area contributed by atoms with E-state index in [1.807, 2.05) is 4.90 Å². The van der Waals surface area contributed by atoms with Gasteiger partial charge in [0.15, 0.2) is 0 Å². The topological polar surface area (TPSA) is 152 Å². The van der Waals surface area contributed by atoms with Gasteiger partial charge < -0.3 is 20.2 Å². The van der Waals surface area contributed by atoms with Crippen molar-refractivity contribution in [2.75, 3.05) is 98.7 Å². The van der Waals surface area contributed by atoms with Crippen molar-refractivity contribution in [3.05, 3.63) is 53.7 Å². The number of likely N-dealkylation sites (N-methyl/N-ethyl adjacent to an activating group) is 1. The van der Waals surface area contributed by atoms with Gasteiger partial charge in [-0.15, -0.1) is 0 Å². The van der Waals surface area contributed by atoms with Gasteiger partial charge in [0.1, 0.15) is 7.05 Å². The number of hydrogen-bond acceptors (Lipinski definition) is 9. The molecule has 1 saturated heterocycles. The summed E-state index contributed by atoms with van der Waals surface area (Å²) >= 11 is 0. The summed E-state index contributed by atoms with van der Waals surface area (Å²) in [4.78, 5) is 59.7. The standard InChI is InChI=1S/C37H53N7O7.Eu/c1-5-40(6-2)23-33-30-10-8-7-9-29(30)31-21-28(11-12-32(31)39(33)4)22-38(3)34(45)24-41-13-15-42(25-35(46)47)17-19-44(27-37(50)51)20-18-43(16-14-41)26-36(48)49;/h7-12,21H,5-6,13-20,22-27H2,1-4H3,(H2-,46,47,48,49,50,51);/q;+3/p+1. The molecule has 0 unspecified atom stereocenters. The minimum atomic E-state index is -1.00. The summed E-state index contributed by atoms with van der Waals surface area (Å²) in [5.41, 5.74) is 3.38. The van der Waals surface area contributed by atoms with Crippen molar-refractivity contribution >= 4 is 45.5 Å². The van der Waals surface area contributed by atoms with Gasteiger partial charge in [-0.25, -0.2) is 0 Å². The molecule has 1 amide bonds. The molecule has 4 rings (SSSR count). The Morgan fingerprint density at radius 1 is 0.654 bits per heavy atom. The van der Waals surface area contributed by atoms with E-state index in [9.17, 15) is 34.5 Å². The van der Waals surface area contributed by atoms with E-state index in [-0.39, 0.29) is 81.5 Å². The summed E-state index contributed by atoms with van der Waals surface area (Å²) in [5, 5.41) is 31.9. The molecule has 2 aromatic carbocycles. The number of carbonyl (C=O) groups is 4. The quantitative estimate of drug-likeness (QED) is 0.157. The van der Waals surface area contributed by atoms with Crippen LogP contribution in [0.3, 0.4) is 0 Å². The first kappa shape index (κ1) is 43.8. The number of carboxylic acid groups (broad SMARTS) is 3. The third-order valence-electron chi connectivity index (χ3n) is 9.83. The predicted octanol–water partition coefficient (Wildman–Crippen LogP) is 1.09. The van der Waals surface area contributed by atoms with Gasteiger partial charge in [0, 0.05) is 77.4 Å². The normalized spacial score (nSPS) is 15.9. The van der Waals surface area contributed by atoms with Gasteiger partial charge in [0.2, 0.25) is 17.1 Å². The predicted molar refractivity (Wildman–Crippen MR) is 194 cm³/mol. The molecular formula is C37H54EuN7O7+4. The maximum Gasteiger partial charge on any atom is 3.00 e. The summed E-state index contributed by atoms with van der Waals surface area (Å²) in [7, 11) is 3.89. The summed E-state index contributed by atoms with van der Waals surface area (Å²) in [6, 6.07) is 14.8. The number of aryl methyl sites for hydroxylation is 1. The molecule has 52 heavy (non-hydrogen) atoms. The Morgan fingerprint density at radius 3 is 1.54 bits per heavy atom. The average molecular weight is 861 g/mol. The molecule has 0 aliphatic carbocycles. The van der Waals surface area contributed by atoms with Gasteiger partial charge in [-0.3, -0.25) is 43.7 Å². The van der Waals surface area contributed by atoms with Crippen molar-refractivity contribution in [2.24, 2.45) is 7.05 Å². The Morgan fingerprint density at radius 2 is 1.10 bits per heavy atom. The molecule has 1 aliphatic rings. The Hall–Kier alpha value is -2.63. The van der Waals surface area contributed by atoms with E-state index in [4.69, 9.17) is 0 Å². The second-order valence-corrected chi connectivity index (χ2v) is 13.4. The van der Waals surface area contributed by atoms with Crippen molar-refractivity contribution in [3.63, 3.8) is 0 Å². The van der Waals surface area contributed by atoms with Crippen molar-refractivity contribution < 1.29 is 88.4 Å². The van der Waals surface area contributed by atoms with Crippen LogP contribution in [0.15, 0.2) is 42.5 Å². The Balaban J connectivity index is 0.00000729. The minimum absolute atomic E-state index is 0. The third kappa shape index (κ3) is 12.8. The zero-order valence-electron chi connectivity index (χ0n) is 30.8. The molecule has 2 heterocycles. The van der Waals surface area contributed by atoms with E-state index >= 15 is 0 Å². The number of carboxylic acids is 3. The van der Waals surface area contributed by atoms with Gasteiger partial charge in [0.05, 0.1) is 43.5 Å². The monoisotopic (exact) mass is 861 g/mol. The fourth-order valence-electron chi connectivity index (χ4n) is 6.79. The number of benzene rings is 2. The number of aromatic nitrogens is 1. The molecule has 1 aromatic heterocycles. The number of nitrogens with zero attached hydrogens (tertiary/aromatic N) is 7. The third-order valence-corrected chi connectivity index (χ3v) is 9.83. The zero-order valence-corrected chi connectivity index (χ0v) is 33.3. The van der Waals surface area contributed by atoms with E-state index < -0.39 is 17.9 Å². The van der Waals surface area contributed by atoms with Crippen LogP contribution in [0.25, 0.3) is 21.7 Å². The zero-order chi connectivity index (χ0) is 37.1. The molecule has 1 fully saturated rings. The SMILES string of the molecule is CCN(CC)Cc1c2ccccc2c2cc(CN(C)C(=O)CN3CCN(CC(=O)O)CCN(CC(=O)O)CCN(CC(=O)O)CC3)ccc2[n+]1C.[Eu+3]. The van der Waals surface area contributed by atoms with Crippen molar-refractivity contribution in [3.8, 4) is 0 Å². The van der Waals surface area contributed by atoms with Gasteiger partial charge in [0.25, 0.3) is 0 Å². The molecule has 1 aliphatic heterocycles. The largest absolute Gasteiger partial charge is 3.00 e. The molecule has 282 valence electrons. The second kappa shape index (κ2) is 21.3. The van der Waals surface area contributed by atoms with Gasteiger partial charge >= 0.3 is 67.3 Å². The average Bonchev–Trinajstić information content (AvgIpc) is 3.08. The maximum absolute atomic E-state index is 13.7. The van der Waals surface area contributed by atoms with Crippen LogP contribution in [-0.2, 0) is 39.3 Å². The first-order chi connectivity index (χ1) is 24.4. The number of amides is 1. The molecule has 0 bridgehead atoms. The maximum atomic E-state index is 13.7. The Kier molecular flexibility index (Phi) is 17.9. The molecule has 0 radical (unpaired) electrons. The number of hydrogen-bond donors (Lipinski definition) is 3. The summed E-state index contributed by atoms with van der Waals surface area (Å²) < 4.78 is 2.27. The van der Waals surface area contributed by atoms with E-state index in [1.54, 1.807) is 26.6 Å². The van der Waals surface area contributed by atoms with Crippen molar-refractivity contribution in [2.45, 2.75) is 26.9 Å². The van der Waals surface area contributed by atoms with Gasteiger partial charge in [-0.2, -0.15) is 4.57 Å². The van der Waals surface area contributed by atoms with Crippen LogP contribution in [0, 0.1) is 49.4 Å². The minimum Gasteiger partial charge on any atom is -0.480 e. The summed E-state index contributed by atoms with van der Waals surface area (Å²) in [6.07, 6.45) is 0. The molecule has 14 nitrogen and oxygen atoms in total. The van der Waals surface area contributed by atoms with Crippen LogP contribution in [-0.4, -0.2) is 167 Å². The van der Waals surface area contributed by atoms with Crippen LogP contribution in [0.4, 0.5) is 0 Å². The molecule has 0 atom stereocenters. The second-order valence-electron chi connectivity index (χ2n) is 13.4. The van der Waals surface area contributed by atoms with E-state index in [0.717, 1.165) is 36.1 Å². The van der Waals surface area contributed by atoms with Crippen molar-refractivity contribution in [1.82, 2.24) is 29.4 Å². The number of rotatable bonds is 14. The Bertz CT molecular complexity index is 1660. The fraction of sp³-hybridized carbons (Fsp3) is 0.541. The van der Waals surface area contributed by atoms with Crippen LogP contribution in [0.5, 0.6) is 0 Å². The van der Waals surface area contributed by atoms with E-state index in [0.29, 0.717) is 58.9 Å². The van der Waals surface area contributed by atoms with Gasteiger partial charge in [-0.05, 0) is 30.8 Å². The molecule has 3 aromatic rings. The van der Waals surface area contributed by atoms with Gasteiger partial charge in [-0.1, -0.05) is 38.1 Å². The molecule has 0 saturated carbocycles. The van der Waals surface area contributed by atoms with Crippen LogP contribution < -0.4 is 4.57 Å². The smallest absolute Gasteiger partial charge is 0.480 e. The number of carbonyl (C=O) groups excluding carboxylic acids is 1. The number of pyridine rings is 1. The van der Waals surface area contributed by atoms with E-state index in [2.05, 4.69) is 72.8 Å². The van der Waals surface area contributed by atoms with Crippen LogP contribution in [0.1, 0.15) is 25.1 Å². The summed E-state index contributed by atoms with van der Waals surface area (Å²) in [5.74, 6) is -3.08. The van der Waals surface area contributed by atoms with Crippen LogP contribution in [0.2, 0.25) is 0 Å². The van der Waals surface area contributed by atoms with Crippen molar-refractivity contribution in [1.29, 1.82) is 0 Å².